The van der Waals surface area contributed by atoms with Crippen molar-refractivity contribution in [3.05, 3.63) is 77.1 Å². The van der Waals surface area contributed by atoms with Gasteiger partial charge in [0.1, 0.15) is 0 Å². The molecule has 3 heterocycles. The molecule has 0 atom stereocenters. The number of piperazine rings is 1. The molecule has 3 aromatic rings. The topological polar surface area (TPSA) is 79.9 Å². The number of aromatic amines is 1. The third-order valence-electron chi connectivity index (χ3n) is 7.49. The monoisotopic (exact) mass is 486 g/mol. The van der Waals surface area contributed by atoms with Gasteiger partial charge in [0.2, 0.25) is 0 Å². The number of nitrogens with zero attached hydrogens (tertiary/aromatic N) is 3. The van der Waals surface area contributed by atoms with Crippen molar-refractivity contribution in [2.24, 2.45) is 0 Å². The maximum atomic E-state index is 13.7. The van der Waals surface area contributed by atoms with Crippen molar-refractivity contribution >= 4 is 28.4 Å². The van der Waals surface area contributed by atoms with E-state index in [1.165, 1.54) is 6.20 Å². The lowest BCUT2D eigenvalue weighted by atomic mass is 9.81. The van der Waals surface area contributed by atoms with Crippen LogP contribution in [0.1, 0.15) is 48.0 Å². The standard InChI is InChI=1S/C29H34N4O3/c1-4-31-12-14-32(15-13-31)17-20-8-7-9-21(16-20)27(34)33-18-23(28(35)36)26-25(29(2,3)19-33)22-10-5-6-11-24(22)30-26/h5-11,16,18,30H,4,12-15,17,19H2,1-3H3,(H,35,36). The number of nitrogens with one attached hydrogen (secondary N) is 1. The number of carboxylic acids is 1. The number of rotatable bonds is 5. The van der Waals surface area contributed by atoms with Crippen molar-refractivity contribution < 1.29 is 14.7 Å². The van der Waals surface area contributed by atoms with E-state index in [2.05, 4.69) is 41.6 Å². The van der Waals surface area contributed by atoms with E-state index in [-0.39, 0.29) is 11.5 Å². The number of para-hydroxylation sites is 1. The molecule has 0 bridgehead atoms. The van der Waals surface area contributed by atoms with Gasteiger partial charge in [-0.1, -0.05) is 51.1 Å². The number of aromatic nitrogens is 1. The van der Waals surface area contributed by atoms with Crippen LogP contribution in [0.5, 0.6) is 0 Å². The molecule has 7 nitrogen and oxygen atoms in total. The minimum Gasteiger partial charge on any atom is -0.478 e. The third kappa shape index (κ3) is 4.56. The molecule has 188 valence electrons. The van der Waals surface area contributed by atoms with Crippen LogP contribution in [-0.2, 0) is 16.8 Å². The predicted octanol–water partition coefficient (Wildman–Crippen LogP) is 4.16. The van der Waals surface area contributed by atoms with E-state index in [0.29, 0.717) is 17.8 Å². The summed E-state index contributed by atoms with van der Waals surface area (Å²) in [5.41, 5.74) is 3.71. The molecule has 0 spiro atoms. The van der Waals surface area contributed by atoms with Gasteiger partial charge >= 0.3 is 5.97 Å². The van der Waals surface area contributed by atoms with Crippen LogP contribution in [0, 0.1) is 0 Å². The molecule has 1 amide bonds. The van der Waals surface area contributed by atoms with Gasteiger partial charge in [-0.25, -0.2) is 4.79 Å². The lowest BCUT2D eigenvalue weighted by molar-refractivity contribution is -0.130. The van der Waals surface area contributed by atoms with Gasteiger partial charge in [-0.05, 0) is 35.9 Å². The first-order chi connectivity index (χ1) is 17.3. The molecule has 1 aromatic heterocycles. The SMILES string of the molecule is CCN1CCN(Cc2cccc(C(=O)N3C=C(C(=O)O)c4[nH]c5ccccc5c4C(C)(C)C3)c2)CC1. The zero-order valence-corrected chi connectivity index (χ0v) is 21.3. The largest absolute Gasteiger partial charge is 0.478 e. The van der Waals surface area contributed by atoms with Gasteiger partial charge in [-0.2, -0.15) is 0 Å². The fourth-order valence-electron chi connectivity index (χ4n) is 5.60. The van der Waals surface area contributed by atoms with E-state index in [0.717, 1.165) is 61.3 Å². The van der Waals surface area contributed by atoms with Crippen LogP contribution in [0.4, 0.5) is 0 Å². The molecule has 0 saturated carbocycles. The summed E-state index contributed by atoms with van der Waals surface area (Å²) in [6, 6.07) is 15.6. The molecule has 5 rings (SSSR count). The normalized spacial score (nSPS) is 18.5. The minimum absolute atomic E-state index is 0.102. The summed E-state index contributed by atoms with van der Waals surface area (Å²) in [4.78, 5) is 35.8. The number of hydrogen-bond acceptors (Lipinski definition) is 4. The number of carbonyl (C=O) groups is 2. The zero-order chi connectivity index (χ0) is 25.4. The number of aliphatic carboxylic acids is 1. The molecular weight excluding hydrogens is 452 g/mol. The Balaban J connectivity index is 1.44. The van der Waals surface area contributed by atoms with Gasteiger partial charge in [0.05, 0.1) is 11.3 Å². The molecule has 2 aromatic carbocycles. The fourth-order valence-corrected chi connectivity index (χ4v) is 5.60. The average Bonchev–Trinajstić information content (AvgIpc) is 3.21. The molecule has 1 saturated heterocycles. The summed E-state index contributed by atoms with van der Waals surface area (Å²) >= 11 is 0. The fraction of sp³-hybridized carbons (Fsp3) is 0.379. The van der Waals surface area contributed by atoms with Crippen molar-refractivity contribution in [3.63, 3.8) is 0 Å². The molecule has 2 aliphatic heterocycles. The first-order valence-electron chi connectivity index (χ1n) is 12.7. The van der Waals surface area contributed by atoms with Crippen LogP contribution in [0.15, 0.2) is 54.7 Å². The van der Waals surface area contributed by atoms with Crippen LogP contribution in [0.25, 0.3) is 16.5 Å². The van der Waals surface area contributed by atoms with Crippen LogP contribution >= 0.6 is 0 Å². The van der Waals surface area contributed by atoms with Crippen LogP contribution < -0.4 is 0 Å². The maximum Gasteiger partial charge on any atom is 0.339 e. The van der Waals surface area contributed by atoms with Crippen molar-refractivity contribution in [1.29, 1.82) is 0 Å². The van der Waals surface area contributed by atoms with Crippen LogP contribution in [-0.4, -0.2) is 75.9 Å². The third-order valence-corrected chi connectivity index (χ3v) is 7.49. The molecule has 2 aliphatic rings. The van der Waals surface area contributed by atoms with E-state index in [1.54, 1.807) is 4.90 Å². The second-order valence-electron chi connectivity index (χ2n) is 10.5. The predicted molar refractivity (Wildman–Crippen MR) is 142 cm³/mol. The summed E-state index contributed by atoms with van der Waals surface area (Å²) in [5, 5.41) is 11.1. The Bertz CT molecular complexity index is 1330. The highest BCUT2D eigenvalue weighted by atomic mass is 16.4. The summed E-state index contributed by atoms with van der Waals surface area (Å²) in [5.74, 6) is -1.24. The molecule has 7 heteroatoms. The minimum atomic E-state index is -1.06. The Morgan fingerprint density at radius 3 is 2.44 bits per heavy atom. The summed E-state index contributed by atoms with van der Waals surface area (Å²) in [7, 11) is 0. The molecule has 2 N–H and O–H groups in total. The number of hydrogen-bond donors (Lipinski definition) is 2. The van der Waals surface area contributed by atoms with Crippen LogP contribution in [0.3, 0.4) is 0 Å². The zero-order valence-electron chi connectivity index (χ0n) is 21.3. The highest BCUT2D eigenvalue weighted by Gasteiger charge is 2.37. The molecule has 36 heavy (non-hydrogen) atoms. The lowest BCUT2D eigenvalue weighted by Gasteiger charge is -2.34. The van der Waals surface area contributed by atoms with Crippen molar-refractivity contribution in [3.8, 4) is 0 Å². The first-order valence-corrected chi connectivity index (χ1v) is 12.7. The highest BCUT2D eigenvalue weighted by Crippen LogP contribution is 2.40. The number of likely N-dealkylation sites (N-methyl/N-ethyl adjacent to an activating group) is 1. The summed E-state index contributed by atoms with van der Waals surface area (Å²) < 4.78 is 0. The molecule has 0 radical (unpaired) electrons. The van der Waals surface area contributed by atoms with E-state index < -0.39 is 11.4 Å². The quantitative estimate of drug-likeness (QED) is 0.566. The van der Waals surface area contributed by atoms with E-state index >= 15 is 0 Å². The molecule has 1 fully saturated rings. The highest BCUT2D eigenvalue weighted by molar-refractivity contribution is 6.17. The van der Waals surface area contributed by atoms with Gasteiger partial charge in [0.15, 0.2) is 0 Å². The number of carboxylic acid groups (broad SMARTS) is 1. The van der Waals surface area contributed by atoms with Crippen molar-refractivity contribution in [1.82, 2.24) is 19.7 Å². The number of benzene rings is 2. The van der Waals surface area contributed by atoms with Crippen molar-refractivity contribution in [2.45, 2.75) is 32.7 Å². The molecular formula is C29H34N4O3. The average molecular weight is 487 g/mol. The second kappa shape index (κ2) is 9.56. The second-order valence-corrected chi connectivity index (χ2v) is 10.5. The van der Waals surface area contributed by atoms with E-state index in [9.17, 15) is 14.7 Å². The van der Waals surface area contributed by atoms with E-state index in [4.69, 9.17) is 0 Å². The van der Waals surface area contributed by atoms with E-state index in [1.807, 2.05) is 42.5 Å². The lowest BCUT2D eigenvalue weighted by Crippen LogP contribution is -2.45. The van der Waals surface area contributed by atoms with Gasteiger partial charge in [0, 0.05) is 67.3 Å². The van der Waals surface area contributed by atoms with Gasteiger partial charge in [0.25, 0.3) is 5.91 Å². The van der Waals surface area contributed by atoms with Gasteiger partial charge in [-0.15, -0.1) is 0 Å². The number of carbonyl (C=O) groups excluding carboxylic acids is 1. The summed E-state index contributed by atoms with van der Waals surface area (Å²) in [6.45, 7) is 12.7. The summed E-state index contributed by atoms with van der Waals surface area (Å²) in [6.07, 6.45) is 1.50. The van der Waals surface area contributed by atoms with Gasteiger partial charge in [-0.3, -0.25) is 9.69 Å². The Kier molecular flexibility index (Phi) is 6.45. The maximum absolute atomic E-state index is 13.7. The van der Waals surface area contributed by atoms with Crippen molar-refractivity contribution in [2.75, 3.05) is 39.3 Å². The smallest absolute Gasteiger partial charge is 0.339 e. The Morgan fingerprint density at radius 1 is 1.00 bits per heavy atom. The number of H-pyrrole nitrogens is 1. The Morgan fingerprint density at radius 2 is 1.72 bits per heavy atom. The van der Waals surface area contributed by atoms with Crippen LogP contribution in [0.2, 0.25) is 0 Å². The number of amides is 1. The Hall–Kier alpha value is -3.42. The number of fused-ring (bicyclic) bond motifs is 3. The Labute approximate surface area is 212 Å². The molecule has 0 unspecified atom stereocenters. The van der Waals surface area contributed by atoms with Gasteiger partial charge < -0.3 is 19.9 Å². The molecule has 0 aliphatic carbocycles. The first kappa shape index (κ1) is 24.3.